The van der Waals surface area contributed by atoms with Gasteiger partial charge in [-0.2, -0.15) is 0 Å². The number of hydrogen-bond donors (Lipinski definition) is 2. The van der Waals surface area contributed by atoms with Gasteiger partial charge in [0.05, 0.1) is 0 Å². The highest BCUT2D eigenvalue weighted by atomic mass is 79.9. The molecule has 2 N–H and O–H groups in total. The summed E-state index contributed by atoms with van der Waals surface area (Å²) in [7, 11) is 0. The van der Waals surface area contributed by atoms with Crippen LogP contribution >= 0.6 is 15.9 Å². The van der Waals surface area contributed by atoms with E-state index in [0.717, 1.165) is 10.0 Å². The number of amides is 2. The Kier molecular flexibility index (Phi) is 6.20. The molecule has 1 unspecified atom stereocenters. The molecule has 0 aliphatic rings. The summed E-state index contributed by atoms with van der Waals surface area (Å²) in [6.45, 7) is 8.28. The van der Waals surface area contributed by atoms with Crippen LogP contribution in [0.4, 0.5) is 0 Å². The van der Waals surface area contributed by atoms with Gasteiger partial charge in [0.15, 0.2) is 0 Å². The first kappa shape index (κ1) is 16.7. The van der Waals surface area contributed by atoms with Crippen LogP contribution in [0.3, 0.4) is 0 Å². The Labute approximate surface area is 128 Å². The number of benzene rings is 1. The van der Waals surface area contributed by atoms with Gasteiger partial charge in [-0.15, -0.1) is 0 Å². The van der Waals surface area contributed by atoms with Crippen LogP contribution in [-0.4, -0.2) is 24.4 Å². The SMILES string of the molecule is Cc1ccc(C(=O)NC(C)C(=O)NCC(C)C)cc1Br. The number of rotatable bonds is 5. The van der Waals surface area contributed by atoms with E-state index in [1.807, 2.05) is 26.8 Å². The topological polar surface area (TPSA) is 58.2 Å². The summed E-state index contributed by atoms with van der Waals surface area (Å²) in [6.07, 6.45) is 0. The molecule has 0 fully saturated rings. The standard InChI is InChI=1S/C15H21BrN2O2/c1-9(2)8-17-14(19)11(4)18-15(20)12-6-5-10(3)13(16)7-12/h5-7,9,11H,8H2,1-4H3,(H,17,19)(H,18,20). The molecule has 0 spiro atoms. The first-order chi connectivity index (χ1) is 9.31. The van der Waals surface area contributed by atoms with Gasteiger partial charge in [-0.25, -0.2) is 0 Å². The number of halogens is 1. The molecule has 0 heterocycles. The van der Waals surface area contributed by atoms with Gasteiger partial charge in [0.25, 0.3) is 5.91 Å². The minimum atomic E-state index is -0.554. The van der Waals surface area contributed by atoms with Gasteiger partial charge < -0.3 is 10.6 Å². The second-order valence-corrected chi connectivity index (χ2v) is 6.15. The molecule has 0 aliphatic heterocycles. The first-order valence-electron chi connectivity index (χ1n) is 6.66. The molecular weight excluding hydrogens is 320 g/mol. The number of nitrogens with one attached hydrogen (secondary N) is 2. The fourth-order valence-electron chi connectivity index (χ4n) is 1.54. The zero-order valence-corrected chi connectivity index (χ0v) is 13.9. The fourth-order valence-corrected chi connectivity index (χ4v) is 1.92. The van der Waals surface area contributed by atoms with E-state index in [2.05, 4.69) is 26.6 Å². The maximum absolute atomic E-state index is 12.0. The highest BCUT2D eigenvalue weighted by molar-refractivity contribution is 9.10. The predicted octanol–water partition coefficient (Wildman–Crippen LogP) is 2.65. The molecule has 0 bridgehead atoms. The smallest absolute Gasteiger partial charge is 0.251 e. The molecule has 4 nitrogen and oxygen atoms in total. The van der Waals surface area contributed by atoms with Crippen molar-refractivity contribution in [3.05, 3.63) is 33.8 Å². The van der Waals surface area contributed by atoms with Crippen molar-refractivity contribution >= 4 is 27.7 Å². The lowest BCUT2D eigenvalue weighted by Gasteiger charge is -2.15. The lowest BCUT2D eigenvalue weighted by Crippen LogP contribution is -2.45. The third-order valence-corrected chi connectivity index (χ3v) is 3.71. The average molecular weight is 341 g/mol. The summed E-state index contributed by atoms with van der Waals surface area (Å²) in [5.74, 6) is -0.0361. The van der Waals surface area contributed by atoms with E-state index in [9.17, 15) is 9.59 Å². The number of carbonyl (C=O) groups is 2. The minimum absolute atomic E-state index is 0.168. The zero-order chi connectivity index (χ0) is 15.3. The molecule has 0 saturated heterocycles. The van der Waals surface area contributed by atoms with Crippen LogP contribution in [0.1, 0.15) is 36.7 Å². The van der Waals surface area contributed by atoms with Crippen molar-refractivity contribution in [2.45, 2.75) is 33.7 Å². The van der Waals surface area contributed by atoms with Gasteiger partial charge in [0.2, 0.25) is 5.91 Å². The Bertz CT molecular complexity index is 501. The summed E-state index contributed by atoms with van der Waals surface area (Å²) < 4.78 is 0.877. The quantitative estimate of drug-likeness (QED) is 0.865. The Morgan fingerprint density at radius 2 is 1.90 bits per heavy atom. The second kappa shape index (κ2) is 7.43. The zero-order valence-electron chi connectivity index (χ0n) is 12.3. The summed E-state index contributed by atoms with van der Waals surface area (Å²) in [5.41, 5.74) is 1.59. The minimum Gasteiger partial charge on any atom is -0.354 e. The molecule has 1 aromatic carbocycles. The molecule has 5 heteroatoms. The maximum atomic E-state index is 12.0. The molecular formula is C15H21BrN2O2. The first-order valence-corrected chi connectivity index (χ1v) is 7.45. The van der Waals surface area contributed by atoms with Gasteiger partial charge in [0.1, 0.15) is 6.04 Å². The monoisotopic (exact) mass is 340 g/mol. The largest absolute Gasteiger partial charge is 0.354 e. The van der Waals surface area contributed by atoms with Crippen molar-refractivity contribution in [1.82, 2.24) is 10.6 Å². The second-order valence-electron chi connectivity index (χ2n) is 5.30. The third-order valence-electron chi connectivity index (χ3n) is 2.86. The third kappa shape index (κ3) is 4.96. The molecule has 20 heavy (non-hydrogen) atoms. The van der Waals surface area contributed by atoms with Crippen molar-refractivity contribution in [2.24, 2.45) is 5.92 Å². The van der Waals surface area contributed by atoms with Gasteiger partial charge in [-0.1, -0.05) is 35.8 Å². The lowest BCUT2D eigenvalue weighted by molar-refractivity contribution is -0.122. The van der Waals surface area contributed by atoms with Crippen LogP contribution < -0.4 is 10.6 Å². The predicted molar refractivity (Wildman–Crippen MR) is 83.7 cm³/mol. The number of hydrogen-bond acceptors (Lipinski definition) is 2. The van der Waals surface area contributed by atoms with E-state index in [1.54, 1.807) is 19.1 Å². The van der Waals surface area contributed by atoms with E-state index in [1.165, 1.54) is 0 Å². The normalized spacial score (nSPS) is 12.1. The van der Waals surface area contributed by atoms with Crippen molar-refractivity contribution in [1.29, 1.82) is 0 Å². The summed E-state index contributed by atoms with van der Waals surface area (Å²) in [5, 5.41) is 5.49. The number of carbonyl (C=O) groups excluding carboxylic acids is 2. The van der Waals surface area contributed by atoms with Crippen LogP contribution in [0.25, 0.3) is 0 Å². The number of aryl methyl sites for hydroxylation is 1. The molecule has 0 radical (unpaired) electrons. The Morgan fingerprint density at radius 1 is 1.25 bits per heavy atom. The van der Waals surface area contributed by atoms with Crippen LogP contribution in [0, 0.1) is 12.8 Å². The molecule has 0 saturated carbocycles. The fraction of sp³-hybridized carbons (Fsp3) is 0.467. The van der Waals surface area contributed by atoms with Crippen molar-refractivity contribution in [3.63, 3.8) is 0 Å². The van der Waals surface area contributed by atoms with Crippen molar-refractivity contribution < 1.29 is 9.59 Å². The van der Waals surface area contributed by atoms with E-state index >= 15 is 0 Å². The Balaban J connectivity index is 2.60. The van der Waals surface area contributed by atoms with Crippen LogP contribution in [0.2, 0.25) is 0 Å². The maximum Gasteiger partial charge on any atom is 0.251 e. The highest BCUT2D eigenvalue weighted by Gasteiger charge is 2.16. The van der Waals surface area contributed by atoms with Gasteiger partial charge in [0, 0.05) is 16.6 Å². The van der Waals surface area contributed by atoms with E-state index < -0.39 is 6.04 Å². The van der Waals surface area contributed by atoms with Gasteiger partial charge >= 0.3 is 0 Å². The summed E-state index contributed by atoms with van der Waals surface area (Å²) in [4.78, 5) is 23.8. The molecule has 0 aromatic heterocycles. The van der Waals surface area contributed by atoms with E-state index in [-0.39, 0.29) is 11.8 Å². The van der Waals surface area contributed by atoms with Crippen LogP contribution in [0.15, 0.2) is 22.7 Å². The molecule has 1 aromatic rings. The van der Waals surface area contributed by atoms with Crippen molar-refractivity contribution in [2.75, 3.05) is 6.54 Å². The Morgan fingerprint density at radius 3 is 2.45 bits per heavy atom. The molecule has 1 atom stereocenters. The highest BCUT2D eigenvalue weighted by Crippen LogP contribution is 2.17. The average Bonchev–Trinajstić information content (AvgIpc) is 2.38. The van der Waals surface area contributed by atoms with Crippen LogP contribution in [-0.2, 0) is 4.79 Å². The van der Waals surface area contributed by atoms with E-state index in [4.69, 9.17) is 0 Å². The van der Waals surface area contributed by atoms with Crippen LogP contribution in [0.5, 0.6) is 0 Å². The van der Waals surface area contributed by atoms with E-state index in [0.29, 0.717) is 18.0 Å². The molecule has 2 amide bonds. The lowest BCUT2D eigenvalue weighted by atomic mass is 10.1. The van der Waals surface area contributed by atoms with Gasteiger partial charge in [-0.05, 0) is 37.5 Å². The molecule has 1 rings (SSSR count). The Hall–Kier alpha value is -1.36. The summed E-state index contributed by atoms with van der Waals surface area (Å²) >= 11 is 3.39. The van der Waals surface area contributed by atoms with Gasteiger partial charge in [-0.3, -0.25) is 9.59 Å². The van der Waals surface area contributed by atoms with Crippen molar-refractivity contribution in [3.8, 4) is 0 Å². The summed E-state index contributed by atoms with van der Waals surface area (Å²) in [6, 6.07) is 4.81. The molecule has 110 valence electrons. The molecule has 0 aliphatic carbocycles.